The number of anilines is 1. The first kappa shape index (κ1) is 25.5. The number of thiophene rings is 2. The molecule has 0 fully saturated rings. The van der Waals surface area contributed by atoms with E-state index in [-0.39, 0.29) is 24.3 Å². The molecule has 0 aliphatic rings. The summed E-state index contributed by atoms with van der Waals surface area (Å²) in [6, 6.07) is 1.94. The molecule has 0 saturated heterocycles. The maximum Gasteiger partial charge on any atom is 0.341 e. The largest absolute Gasteiger partial charge is 0.462 e. The fraction of sp³-hybridized carbons (Fsp3) is 0.478. The van der Waals surface area contributed by atoms with Crippen molar-refractivity contribution in [3.8, 4) is 11.4 Å². The molecule has 178 valence electrons. The third kappa shape index (κ3) is 5.67. The minimum absolute atomic E-state index is 0.144. The number of aryl methyl sites for hydroxylation is 2. The Bertz CT molecular complexity index is 1130. The van der Waals surface area contributed by atoms with E-state index in [0.29, 0.717) is 15.7 Å². The van der Waals surface area contributed by atoms with Crippen molar-refractivity contribution in [1.82, 2.24) is 14.8 Å². The molecule has 0 aliphatic carbocycles. The van der Waals surface area contributed by atoms with Gasteiger partial charge in [0.25, 0.3) is 0 Å². The molecule has 0 aliphatic heterocycles. The average Bonchev–Trinajstić information content (AvgIpc) is 3.48. The van der Waals surface area contributed by atoms with Gasteiger partial charge in [0.05, 0.1) is 17.9 Å². The number of aromatic nitrogens is 3. The van der Waals surface area contributed by atoms with Crippen molar-refractivity contribution in [3.05, 3.63) is 32.3 Å². The first-order valence-electron chi connectivity index (χ1n) is 11.0. The number of thioether (sulfide) groups is 1. The maximum atomic E-state index is 12.7. The molecular formula is C23H30N4O3S3. The molecule has 1 amide bonds. The Morgan fingerprint density at radius 2 is 1.97 bits per heavy atom. The molecule has 7 nitrogen and oxygen atoms in total. The van der Waals surface area contributed by atoms with Gasteiger partial charge in [-0.25, -0.2) is 4.79 Å². The molecule has 0 atom stereocenters. The average molecular weight is 507 g/mol. The van der Waals surface area contributed by atoms with Crippen molar-refractivity contribution in [2.45, 2.75) is 65.6 Å². The fourth-order valence-electron chi connectivity index (χ4n) is 3.49. The zero-order valence-corrected chi connectivity index (χ0v) is 22.3. The number of hydrogen-bond donors (Lipinski definition) is 1. The van der Waals surface area contributed by atoms with E-state index in [1.807, 2.05) is 6.92 Å². The Hall–Kier alpha value is -2.17. The predicted molar refractivity (Wildman–Crippen MR) is 137 cm³/mol. The topological polar surface area (TPSA) is 86.1 Å². The van der Waals surface area contributed by atoms with Crippen LogP contribution in [-0.2, 0) is 22.4 Å². The van der Waals surface area contributed by atoms with E-state index < -0.39 is 5.97 Å². The van der Waals surface area contributed by atoms with Gasteiger partial charge in [0.15, 0.2) is 11.0 Å². The van der Waals surface area contributed by atoms with Gasteiger partial charge in [-0.1, -0.05) is 25.6 Å². The van der Waals surface area contributed by atoms with Crippen LogP contribution in [0.1, 0.15) is 66.3 Å². The van der Waals surface area contributed by atoms with Crippen LogP contribution < -0.4 is 5.32 Å². The van der Waals surface area contributed by atoms with Gasteiger partial charge < -0.3 is 10.1 Å². The molecule has 3 aromatic heterocycles. The van der Waals surface area contributed by atoms with Gasteiger partial charge in [0.2, 0.25) is 5.91 Å². The molecule has 1 N–H and O–H groups in total. The molecule has 0 radical (unpaired) electrons. The number of esters is 1. The van der Waals surface area contributed by atoms with Crippen LogP contribution in [0.4, 0.5) is 5.00 Å². The Labute approximate surface area is 207 Å². The lowest BCUT2D eigenvalue weighted by Crippen LogP contribution is -2.16. The second kappa shape index (κ2) is 11.3. The summed E-state index contributed by atoms with van der Waals surface area (Å²) in [5.74, 6) is 0.383. The number of carbonyl (C=O) groups excluding carboxylic acids is 2. The molecule has 3 rings (SSSR count). The summed E-state index contributed by atoms with van der Waals surface area (Å²) >= 11 is 4.47. The van der Waals surface area contributed by atoms with Gasteiger partial charge in [-0.05, 0) is 52.2 Å². The van der Waals surface area contributed by atoms with Crippen LogP contribution in [-0.4, -0.2) is 39.0 Å². The van der Waals surface area contributed by atoms with Crippen LogP contribution in [0.3, 0.4) is 0 Å². The fourth-order valence-corrected chi connectivity index (χ4v) is 6.30. The minimum Gasteiger partial charge on any atom is -0.462 e. The van der Waals surface area contributed by atoms with Crippen LogP contribution in [0, 0.1) is 6.92 Å². The lowest BCUT2D eigenvalue weighted by Gasteiger charge is -2.14. The van der Waals surface area contributed by atoms with Crippen LogP contribution >= 0.6 is 34.4 Å². The van der Waals surface area contributed by atoms with E-state index in [9.17, 15) is 9.59 Å². The van der Waals surface area contributed by atoms with Crippen LogP contribution in [0.25, 0.3) is 11.4 Å². The Morgan fingerprint density at radius 3 is 2.61 bits per heavy atom. The predicted octanol–water partition coefficient (Wildman–Crippen LogP) is 5.99. The van der Waals surface area contributed by atoms with E-state index in [1.54, 1.807) is 24.3 Å². The Balaban J connectivity index is 1.77. The molecule has 3 aromatic rings. The third-order valence-corrected chi connectivity index (χ3v) is 8.18. The first-order chi connectivity index (χ1) is 15.8. The number of nitrogens with zero attached hydrogens (tertiary/aromatic N) is 3. The quantitative estimate of drug-likeness (QED) is 0.268. The summed E-state index contributed by atoms with van der Waals surface area (Å²) in [4.78, 5) is 27.3. The van der Waals surface area contributed by atoms with Crippen molar-refractivity contribution in [1.29, 1.82) is 0 Å². The van der Waals surface area contributed by atoms with Crippen LogP contribution in [0.5, 0.6) is 0 Å². The number of rotatable bonds is 10. The third-order valence-electron chi connectivity index (χ3n) is 5.09. The highest BCUT2D eigenvalue weighted by Crippen LogP contribution is 2.35. The van der Waals surface area contributed by atoms with Gasteiger partial charge in [0, 0.05) is 26.7 Å². The summed E-state index contributed by atoms with van der Waals surface area (Å²) in [6.45, 7) is 12.5. The monoisotopic (exact) mass is 506 g/mol. The lowest BCUT2D eigenvalue weighted by molar-refractivity contribution is -0.113. The first-order valence-corrected chi connectivity index (χ1v) is 13.7. The summed E-state index contributed by atoms with van der Waals surface area (Å²) in [5.41, 5.74) is 2.81. The molecular weight excluding hydrogens is 476 g/mol. The Morgan fingerprint density at radius 1 is 1.21 bits per heavy atom. The van der Waals surface area contributed by atoms with E-state index in [1.165, 1.54) is 33.5 Å². The normalized spacial score (nSPS) is 11.2. The lowest BCUT2D eigenvalue weighted by atomic mass is 10.1. The molecule has 0 aromatic carbocycles. The number of amides is 1. The summed E-state index contributed by atoms with van der Waals surface area (Å²) < 4.78 is 7.22. The Kier molecular flexibility index (Phi) is 8.72. The minimum atomic E-state index is -0.418. The highest BCUT2D eigenvalue weighted by molar-refractivity contribution is 7.99. The molecule has 0 unspecified atom stereocenters. The molecule has 33 heavy (non-hydrogen) atoms. The standard InChI is InChI=1S/C23H30N4O3S3/c1-7-15-10-17(22(29)30-9-3)21(33-15)24-19(28)12-32-23-26-25-20(27(23)13(4)5)18-11-31-14(6)16(18)8-2/h10-11,13H,7-9,12H2,1-6H3,(H,24,28). The van der Waals surface area contributed by atoms with Crippen molar-refractivity contribution in [2.24, 2.45) is 0 Å². The van der Waals surface area contributed by atoms with Gasteiger partial charge in [-0.15, -0.1) is 32.9 Å². The van der Waals surface area contributed by atoms with E-state index in [2.05, 4.69) is 53.2 Å². The smallest absolute Gasteiger partial charge is 0.341 e. The molecule has 0 bridgehead atoms. The highest BCUT2D eigenvalue weighted by atomic mass is 32.2. The zero-order chi connectivity index (χ0) is 24.1. The summed E-state index contributed by atoms with van der Waals surface area (Å²) in [5, 5.41) is 15.1. The van der Waals surface area contributed by atoms with Gasteiger partial charge in [0.1, 0.15) is 5.00 Å². The van der Waals surface area contributed by atoms with Gasteiger partial charge in [-0.2, -0.15) is 0 Å². The van der Waals surface area contributed by atoms with Crippen LogP contribution in [0.2, 0.25) is 0 Å². The van der Waals surface area contributed by atoms with Gasteiger partial charge in [-0.3, -0.25) is 9.36 Å². The zero-order valence-electron chi connectivity index (χ0n) is 19.9. The number of nitrogens with one attached hydrogen (secondary N) is 1. The second-order valence-corrected chi connectivity index (χ2v) is 10.8. The van der Waals surface area contributed by atoms with E-state index >= 15 is 0 Å². The highest BCUT2D eigenvalue weighted by Gasteiger charge is 2.22. The summed E-state index contributed by atoms with van der Waals surface area (Å²) in [7, 11) is 0. The summed E-state index contributed by atoms with van der Waals surface area (Å²) in [6.07, 6.45) is 1.72. The van der Waals surface area contributed by atoms with Gasteiger partial charge >= 0.3 is 5.97 Å². The molecule has 10 heteroatoms. The van der Waals surface area contributed by atoms with Crippen molar-refractivity contribution >= 4 is 51.3 Å². The van der Waals surface area contributed by atoms with E-state index in [4.69, 9.17) is 4.74 Å². The number of hydrogen-bond acceptors (Lipinski definition) is 8. The second-order valence-electron chi connectivity index (χ2n) is 7.67. The van der Waals surface area contributed by atoms with Crippen molar-refractivity contribution in [2.75, 3.05) is 17.7 Å². The van der Waals surface area contributed by atoms with E-state index in [0.717, 1.165) is 29.1 Å². The molecule has 0 saturated carbocycles. The number of carbonyl (C=O) groups is 2. The molecule has 3 heterocycles. The van der Waals surface area contributed by atoms with Crippen molar-refractivity contribution in [3.63, 3.8) is 0 Å². The van der Waals surface area contributed by atoms with Crippen molar-refractivity contribution < 1.29 is 14.3 Å². The maximum absolute atomic E-state index is 12.7. The number of ether oxygens (including phenoxy) is 1. The molecule has 0 spiro atoms. The van der Waals surface area contributed by atoms with Crippen LogP contribution in [0.15, 0.2) is 16.6 Å². The SMILES string of the molecule is CCOC(=O)c1cc(CC)sc1NC(=O)CSc1nnc(-c2csc(C)c2CC)n1C(C)C.